The number of ketones is 1. The lowest BCUT2D eigenvalue weighted by Gasteiger charge is -2.34. The molecule has 1 aliphatic rings. The molecule has 1 saturated heterocycles. The average Bonchev–Trinajstić information content (AvgIpc) is 2.38. The van der Waals surface area contributed by atoms with Gasteiger partial charge in [-0.3, -0.25) is 19.8 Å². The first-order valence-electron chi connectivity index (χ1n) is 6.78. The molecule has 0 saturated carbocycles. The maximum Gasteiger partial charge on any atom is 0.321 e. The number of carbonyl (C=O) groups excluding carboxylic acids is 3. The van der Waals surface area contributed by atoms with E-state index in [-0.39, 0.29) is 23.7 Å². The third-order valence-corrected chi connectivity index (χ3v) is 3.61. The normalized spacial score (nSPS) is 18.7. The van der Waals surface area contributed by atoms with Crippen LogP contribution >= 0.6 is 0 Å². The van der Waals surface area contributed by atoms with Crippen LogP contribution in [0.1, 0.15) is 33.6 Å². The van der Waals surface area contributed by atoms with Gasteiger partial charge in [0, 0.05) is 12.5 Å². The number of rotatable bonds is 4. The number of nitrogens with one attached hydrogen (secondary N) is 2. The number of hydrogen-bond donors (Lipinski definition) is 2. The van der Waals surface area contributed by atoms with E-state index in [0.717, 1.165) is 12.8 Å². The fraction of sp³-hybridized carbons (Fsp3) is 0.769. The Labute approximate surface area is 113 Å². The van der Waals surface area contributed by atoms with Gasteiger partial charge in [-0.25, -0.2) is 4.79 Å². The summed E-state index contributed by atoms with van der Waals surface area (Å²) in [6.07, 6.45) is 1.57. The van der Waals surface area contributed by atoms with Crippen LogP contribution < -0.4 is 10.6 Å². The van der Waals surface area contributed by atoms with Crippen molar-refractivity contribution in [2.45, 2.75) is 39.7 Å². The predicted octanol–water partition coefficient (Wildman–Crippen LogP) is 0.522. The Balaban J connectivity index is 2.42. The number of nitrogens with zero attached hydrogens (tertiary/aromatic N) is 1. The molecule has 0 aliphatic carbocycles. The van der Waals surface area contributed by atoms with Crippen LogP contribution in [0.4, 0.5) is 4.79 Å². The molecule has 1 fully saturated rings. The Bertz CT molecular complexity index is 349. The fourth-order valence-electron chi connectivity index (χ4n) is 2.28. The highest BCUT2D eigenvalue weighted by Gasteiger charge is 2.28. The van der Waals surface area contributed by atoms with E-state index >= 15 is 0 Å². The lowest BCUT2D eigenvalue weighted by atomic mass is 9.92. The SMILES string of the molecule is CCNC(=O)NC(=O)C(C)N1CCC(C(C)=O)CC1. The standard InChI is InChI=1S/C13H23N3O3/c1-4-14-13(19)15-12(18)9(2)16-7-5-11(6-8-16)10(3)17/h9,11H,4-8H2,1-3H3,(H2,14,15,18,19). The molecule has 108 valence electrons. The minimum absolute atomic E-state index is 0.120. The summed E-state index contributed by atoms with van der Waals surface area (Å²) in [6.45, 7) is 7.11. The highest BCUT2D eigenvalue weighted by molar-refractivity contribution is 5.96. The fourth-order valence-corrected chi connectivity index (χ4v) is 2.28. The van der Waals surface area contributed by atoms with Crippen molar-refractivity contribution in [1.29, 1.82) is 0 Å². The van der Waals surface area contributed by atoms with Gasteiger partial charge in [-0.1, -0.05) is 0 Å². The summed E-state index contributed by atoms with van der Waals surface area (Å²) in [5, 5.41) is 4.84. The number of piperidine rings is 1. The summed E-state index contributed by atoms with van der Waals surface area (Å²) in [4.78, 5) is 36.4. The van der Waals surface area contributed by atoms with Crippen molar-refractivity contribution in [2.75, 3.05) is 19.6 Å². The van der Waals surface area contributed by atoms with Gasteiger partial charge in [0.1, 0.15) is 5.78 Å². The second-order valence-electron chi connectivity index (χ2n) is 4.95. The lowest BCUT2D eigenvalue weighted by Crippen LogP contribution is -2.51. The molecule has 3 amide bonds. The minimum Gasteiger partial charge on any atom is -0.338 e. The van der Waals surface area contributed by atoms with Crippen molar-refractivity contribution in [3.63, 3.8) is 0 Å². The van der Waals surface area contributed by atoms with Crippen LogP contribution in [0.5, 0.6) is 0 Å². The van der Waals surface area contributed by atoms with Crippen LogP contribution in [-0.2, 0) is 9.59 Å². The summed E-state index contributed by atoms with van der Waals surface area (Å²) >= 11 is 0. The third kappa shape index (κ3) is 4.63. The van der Waals surface area contributed by atoms with Gasteiger partial charge in [-0.15, -0.1) is 0 Å². The molecule has 19 heavy (non-hydrogen) atoms. The van der Waals surface area contributed by atoms with Crippen molar-refractivity contribution < 1.29 is 14.4 Å². The zero-order valence-electron chi connectivity index (χ0n) is 11.9. The Morgan fingerprint density at radius 2 is 1.84 bits per heavy atom. The summed E-state index contributed by atoms with van der Waals surface area (Å²) in [5.41, 5.74) is 0. The van der Waals surface area contributed by atoms with E-state index in [1.807, 2.05) is 4.90 Å². The van der Waals surface area contributed by atoms with Gasteiger partial charge in [0.2, 0.25) is 5.91 Å². The van der Waals surface area contributed by atoms with Gasteiger partial charge in [0.25, 0.3) is 0 Å². The maximum atomic E-state index is 11.9. The Morgan fingerprint density at radius 1 is 1.26 bits per heavy atom. The van der Waals surface area contributed by atoms with Gasteiger partial charge in [-0.05, 0) is 46.7 Å². The number of carbonyl (C=O) groups is 3. The second kappa shape index (κ2) is 7.23. The molecule has 6 nitrogen and oxygen atoms in total. The molecule has 0 aromatic heterocycles. The van der Waals surface area contributed by atoms with Crippen LogP contribution in [-0.4, -0.2) is 48.3 Å². The first-order chi connectivity index (χ1) is 8.95. The number of urea groups is 1. The van der Waals surface area contributed by atoms with E-state index in [1.54, 1.807) is 20.8 Å². The smallest absolute Gasteiger partial charge is 0.321 e. The second-order valence-corrected chi connectivity index (χ2v) is 4.95. The van der Waals surface area contributed by atoms with Crippen molar-refractivity contribution in [3.8, 4) is 0 Å². The number of amides is 3. The molecule has 0 radical (unpaired) electrons. The monoisotopic (exact) mass is 269 g/mol. The van der Waals surface area contributed by atoms with Crippen molar-refractivity contribution in [3.05, 3.63) is 0 Å². The van der Waals surface area contributed by atoms with Crippen LogP contribution in [0.3, 0.4) is 0 Å². The van der Waals surface area contributed by atoms with E-state index in [9.17, 15) is 14.4 Å². The molecule has 1 atom stereocenters. The first-order valence-corrected chi connectivity index (χ1v) is 6.78. The van der Waals surface area contributed by atoms with Gasteiger partial charge in [0.05, 0.1) is 6.04 Å². The molecule has 0 aromatic rings. The zero-order chi connectivity index (χ0) is 14.4. The number of imide groups is 1. The maximum absolute atomic E-state index is 11.9. The molecular weight excluding hydrogens is 246 g/mol. The van der Waals surface area contributed by atoms with E-state index in [4.69, 9.17) is 0 Å². The summed E-state index contributed by atoms with van der Waals surface area (Å²) < 4.78 is 0. The lowest BCUT2D eigenvalue weighted by molar-refractivity contribution is -0.126. The molecule has 6 heteroatoms. The molecule has 0 bridgehead atoms. The van der Waals surface area contributed by atoms with Gasteiger partial charge >= 0.3 is 6.03 Å². The van der Waals surface area contributed by atoms with E-state index in [2.05, 4.69) is 10.6 Å². The summed E-state index contributed by atoms with van der Waals surface area (Å²) in [7, 11) is 0. The molecule has 0 aromatic carbocycles. The van der Waals surface area contributed by atoms with Crippen LogP contribution in [0, 0.1) is 5.92 Å². The molecular formula is C13H23N3O3. The Morgan fingerprint density at radius 3 is 2.32 bits per heavy atom. The first kappa shape index (κ1) is 15.6. The number of Topliss-reactive ketones (excluding diaryl/α,β-unsaturated/α-hetero) is 1. The quantitative estimate of drug-likeness (QED) is 0.780. The molecule has 1 heterocycles. The van der Waals surface area contributed by atoms with Gasteiger partial charge in [-0.2, -0.15) is 0 Å². The third-order valence-electron chi connectivity index (χ3n) is 3.61. The average molecular weight is 269 g/mol. The van der Waals surface area contributed by atoms with Gasteiger partial charge in [0.15, 0.2) is 0 Å². The predicted molar refractivity (Wildman–Crippen MR) is 71.7 cm³/mol. The number of likely N-dealkylation sites (tertiary alicyclic amines) is 1. The molecule has 1 rings (SSSR count). The Kier molecular flexibility index (Phi) is 5.95. The van der Waals surface area contributed by atoms with Crippen LogP contribution in [0.15, 0.2) is 0 Å². The van der Waals surface area contributed by atoms with E-state index in [1.165, 1.54) is 0 Å². The largest absolute Gasteiger partial charge is 0.338 e. The number of hydrogen-bond acceptors (Lipinski definition) is 4. The van der Waals surface area contributed by atoms with Crippen molar-refractivity contribution in [2.24, 2.45) is 5.92 Å². The molecule has 1 aliphatic heterocycles. The highest BCUT2D eigenvalue weighted by Crippen LogP contribution is 2.19. The van der Waals surface area contributed by atoms with E-state index in [0.29, 0.717) is 19.6 Å². The zero-order valence-corrected chi connectivity index (χ0v) is 11.9. The van der Waals surface area contributed by atoms with Crippen molar-refractivity contribution in [1.82, 2.24) is 15.5 Å². The molecule has 0 spiro atoms. The summed E-state index contributed by atoms with van der Waals surface area (Å²) in [6, 6.07) is -0.812. The highest BCUT2D eigenvalue weighted by atomic mass is 16.2. The van der Waals surface area contributed by atoms with E-state index < -0.39 is 6.03 Å². The van der Waals surface area contributed by atoms with Crippen LogP contribution in [0.2, 0.25) is 0 Å². The molecule has 1 unspecified atom stereocenters. The topological polar surface area (TPSA) is 78.5 Å². The van der Waals surface area contributed by atoms with Crippen LogP contribution in [0.25, 0.3) is 0 Å². The van der Waals surface area contributed by atoms with Crippen molar-refractivity contribution >= 4 is 17.7 Å². The van der Waals surface area contributed by atoms with Gasteiger partial charge < -0.3 is 5.32 Å². The Hall–Kier alpha value is -1.43. The molecule has 2 N–H and O–H groups in total. The minimum atomic E-state index is -0.460. The summed E-state index contributed by atoms with van der Waals surface area (Å²) in [5.74, 6) is 0.0428.